The third kappa shape index (κ3) is 4.65. The number of alkyl halides is 1. The molecular formula is C17H18BrClO2. The molecule has 0 spiro atoms. The van der Waals surface area contributed by atoms with Crippen LogP contribution in [0.1, 0.15) is 17.9 Å². The van der Waals surface area contributed by atoms with E-state index in [0.717, 1.165) is 22.4 Å². The molecule has 0 fully saturated rings. The zero-order valence-electron chi connectivity index (χ0n) is 11.9. The second-order valence-electron chi connectivity index (χ2n) is 4.69. The van der Waals surface area contributed by atoms with Crippen molar-refractivity contribution in [2.75, 3.05) is 19.6 Å². The molecule has 2 aromatic rings. The van der Waals surface area contributed by atoms with Crippen molar-refractivity contribution in [2.45, 2.75) is 12.3 Å². The van der Waals surface area contributed by atoms with E-state index in [4.69, 9.17) is 21.1 Å². The molecule has 0 N–H and O–H groups in total. The molecule has 2 nitrogen and oxygen atoms in total. The molecule has 0 amide bonds. The van der Waals surface area contributed by atoms with Gasteiger partial charge in [-0.3, -0.25) is 0 Å². The number of benzene rings is 2. The van der Waals surface area contributed by atoms with Crippen LogP contribution in [0, 0.1) is 0 Å². The third-order valence-corrected chi connectivity index (χ3v) is 4.22. The monoisotopic (exact) mass is 368 g/mol. The number of hydrogen-bond acceptors (Lipinski definition) is 2. The lowest BCUT2D eigenvalue weighted by molar-refractivity contribution is 0.282. The van der Waals surface area contributed by atoms with Gasteiger partial charge in [0.25, 0.3) is 0 Å². The molecule has 0 aliphatic heterocycles. The molecule has 0 aliphatic rings. The van der Waals surface area contributed by atoms with E-state index in [2.05, 4.69) is 28.1 Å². The highest BCUT2D eigenvalue weighted by molar-refractivity contribution is 9.10. The van der Waals surface area contributed by atoms with Crippen LogP contribution in [-0.2, 0) is 0 Å². The minimum absolute atomic E-state index is 0.287. The van der Waals surface area contributed by atoms with E-state index in [-0.39, 0.29) is 5.92 Å². The van der Waals surface area contributed by atoms with E-state index in [1.165, 1.54) is 5.56 Å². The maximum absolute atomic E-state index is 6.09. The van der Waals surface area contributed by atoms with Crippen molar-refractivity contribution in [3.8, 4) is 11.5 Å². The molecule has 0 bridgehead atoms. The van der Waals surface area contributed by atoms with Crippen LogP contribution in [-0.4, -0.2) is 19.6 Å². The minimum Gasteiger partial charge on any atom is -0.493 e. The molecule has 1 atom stereocenters. The lowest BCUT2D eigenvalue weighted by Crippen LogP contribution is -2.08. The number of methoxy groups -OCH3 is 1. The SMILES string of the molecule is COc1ccccc1OCCC(CCl)c1ccc(Br)cc1. The van der Waals surface area contributed by atoms with Crippen LogP contribution < -0.4 is 9.47 Å². The number of hydrogen-bond donors (Lipinski definition) is 0. The number of halogens is 2. The Hall–Kier alpha value is -1.19. The van der Waals surface area contributed by atoms with Crippen LogP contribution in [0.4, 0.5) is 0 Å². The van der Waals surface area contributed by atoms with Gasteiger partial charge >= 0.3 is 0 Å². The maximum atomic E-state index is 6.09. The summed E-state index contributed by atoms with van der Waals surface area (Å²) in [6.07, 6.45) is 0.864. The molecule has 1 unspecified atom stereocenters. The summed E-state index contributed by atoms with van der Waals surface area (Å²) >= 11 is 9.53. The Kier molecular flexibility index (Phi) is 6.40. The first-order valence-corrected chi connectivity index (χ1v) is 8.14. The van der Waals surface area contributed by atoms with Crippen LogP contribution in [0.15, 0.2) is 53.0 Å². The summed E-state index contributed by atoms with van der Waals surface area (Å²) in [7, 11) is 1.64. The first kappa shape index (κ1) is 16.2. The van der Waals surface area contributed by atoms with Gasteiger partial charge in [0.1, 0.15) is 0 Å². The topological polar surface area (TPSA) is 18.5 Å². The van der Waals surface area contributed by atoms with Gasteiger partial charge in [-0.15, -0.1) is 11.6 Å². The molecule has 0 aliphatic carbocycles. The first-order valence-electron chi connectivity index (χ1n) is 6.82. The van der Waals surface area contributed by atoms with Crippen LogP contribution in [0.5, 0.6) is 11.5 Å². The van der Waals surface area contributed by atoms with E-state index in [9.17, 15) is 0 Å². The smallest absolute Gasteiger partial charge is 0.161 e. The van der Waals surface area contributed by atoms with Gasteiger partial charge in [-0.1, -0.05) is 40.2 Å². The quantitative estimate of drug-likeness (QED) is 0.621. The number of ether oxygens (including phenoxy) is 2. The summed E-state index contributed by atoms with van der Waals surface area (Å²) in [5.74, 6) is 2.39. The molecule has 21 heavy (non-hydrogen) atoms. The second-order valence-corrected chi connectivity index (χ2v) is 5.92. The van der Waals surface area contributed by atoms with Crippen LogP contribution in [0.2, 0.25) is 0 Å². The Balaban J connectivity index is 1.93. The lowest BCUT2D eigenvalue weighted by atomic mass is 9.98. The van der Waals surface area contributed by atoms with Crippen LogP contribution >= 0.6 is 27.5 Å². The highest BCUT2D eigenvalue weighted by atomic mass is 79.9. The Morgan fingerprint density at radius 3 is 2.33 bits per heavy atom. The van der Waals surface area contributed by atoms with Crippen molar-refractivity contribution in [3.05, 3.63) is 58.6 Å². The highest BCUT2D eigenvalue weighted by Gasteiger charge is 2.11. The fraction of sp³-hybridized carbons (Fsp3) is 0.294. The average Bonchev–Trinajstić information content (AvgIpc) is 2.53. The van der Waals surface area contributed by atoms with Crippen molar-refractivity contribution in [2.24, 2.45) is 0 Å². The standard InChI is InChI=1S/C17H18BrClO2/c1-20-16-4-2-3-5-17(16)21-11-10-14(12-19)13-6-8-15(18)9-7-13/h2-9,14H,10-12H2,1H3. The Morgan fingerprint density at radius 2 is 1.71 bits per heavy atom. The second kappa shape index (κ2) is 8.30. The fourth-order valence-corrected chi connectivity index (χ4v) is 2.71. The van der Waals surface area contributed by atoms with Gasteiger partial charge in [0.15, 0.2) is 11.5 Å². The molecule has 2 aromatic carbocycles. The predicted molar refractivity (Wildman–Crippen MR) is 90.7 cm³/mol. The first-order chi connectivity index (χ1) is 10.2. The largest absolute Gasteiger partial charge is 0.493 e. The molecule has 0 aromatic heterocycles. The van der Waals surface area contributed by atoms with Gasteiger partial charge in [0, 0.05) is 16.3 Å². The summed E-state index contributed by atoms with van der Waals surface area (Å²) in [5, 5.41) is 0. The van der Waals surface area contributed by atoms with Gasteiger partial charge in [0.2, 0.25) is 0 Å². The van der Waals surface area contributed by atoms with Gasteiger partial charge in [0.05, 0.1) is 13.7 Å². The Labute approximate surface area is 139 Å². The van der Waals surface area contributed by atoms with Crippen molar-refractivity contribution < 1.29 is 9.47 Å². The van der Waals surface area contributed by atoms with E-state index in [1.807, 2.05) is 36.4 Å². The van der Waals surface area contributed by atoms with Crippen LogP contribution in [0.25, 0.3) is 0 Å². The maximum Gasteiger partial charge on any atom is 0.161 e. The van der Waals surface area contributed by atoms with E-state index >= 15 is 0 Å². The molecule has 0 heterocycles. The van der Waals surface area contributed by atoms with Crippen LogP contribution in [0.3, 0.4) is 0 Å². The fourth-order valence-electron chi connectivity index (χ4n) is 2.12. The molecule has 2 rings (SSSR count). The molecule has 112 valence electrons. The minimum atomic E-state index is 0.287. The van der Waals surface area contributed by atoms with Crippen molar-refractivity contribution in [1.82, 2.24) is 0 Å². The van der Waals surface area contributed by atoms with E-state index in [0.29, 0.717) is 12.5 Å². The third-order valence-electron chi connectivity index (χ3n) is 3.32. The average molecular weight is 370 g/mol. The van der Waals surface area contributed by atoms with Gasteiger partial charge < -0.3 is 9.47 Å². The summed E-state index contributed by atoms with van der Waals surface area (Å²) in [6.45, 7) is 0.605. The molecule has 0 saturated heterocycles. The zero-order chi connectivity index (χ0) is 15.1. The summed E-state index contributed by atoms with van der Waals surface area (Å²) < 4.78 is 12.2. The Bertz CT molecular complexity index is 557. The highest BCUT2D eigenvalue weighted by Crippen LogP contribution is 2.28. The van der Waals surface area contributed by atoms with Gasteiger partial charge in [-0.2, -0.15) is 0 Å². The molecular weight excluding hydrogens is 352 g/mol. The van der Waals surface area contributed by atoms with Crippen molar-refractivity contribution >= 4 is 27.5 Å². The zero-order valence-corrected chi connectivity index (χ0v) is 14.2. The predicted octanol–water partition coefficient (Wildman–Crippen LogP) is 5.25. The van der Waals surface area contributed by atoms with Gasteiger partial charge in [-0.25, -0.2) is 0 Å². The summed E-state index contributed by atoms with van der Waals surface area (Å²) in [6, 6.07) is 15.9. The lowest BCUT2D eigenvalue weighted by Gasteiger charge is -2.16. The molecule has 0 radical (unpaired) electrons. The number of rotatable bonds is 7. The van der Waals surface area contributed by atoms with Crippen molar-refractivity contribution in [3.63, 3.8) is 0 Å². The molecule has 0 saturated carbocycles. The van der Waals surface area contributed by atoms with E-state index < -0.39 is 0 Å². The summed E-state index contributed by atoms with van der Waals surface area (Å²) in [5.41, 5.74) is 1.23. The molecule has 4 heteroatoms. The summed E-state index contributed by atoms with van der Waals surface area (Å²) in [4.78, 5) is 0. The Morgan fingerprint density at radius 1 is 1.05 bits per heavy atom. The van der Waals surface area contributed by atoms with Crippen molar-refractivity contribution in [1.29, 1.82) is 0 Å². The number of para-hydroxylation sites is 2. The van der Waals surface area contributed by atoms with E-state index in [1.54, 1.807) is 7.11 Å². The normalized spacial score (nSPS) is 12.0. The van der Waals surface area contributed by atoms with Gasteiger partial charge in [-0.05, 0) is 36.2 Å².